The molecule has 3 fully saturated rings. The highest BCUT2D eigenvalue weighted by atomic mass is 35.5. The van der Waals surface area contributed by atoms with Crippen molar-refractivity contribution in [3.8, 4) is 5.75 Å². The van der Waals surface area contributed by atoms with E-state index in [0.717, 1.165) is 41.7 Å². The lowest BCUT2D eigenvalue weighted by molar-refractivity contribution is -0.0444. The maximum Gasteiger partial charge on any atom is 0.119 e. The second-order valence-corrected chi connectivity index (χ2v) is 6.97. The molecule has 5 heteroatoms. The minimum absolute atomic E-state index is 0. The molecule has 5 rings (SSSR count). The fourth-order valence-corrected chi connectivity index (χ4v) is 4.44. The number of piperidine rings is 3. The molecule has 0 radical (unpaired) electrons. The second kappa shape index (κ2) is 7.32. The van der Waals surface area contributed by atoms with Gasteiger partial charge in [-0.25, -0.2) is 0 Å². The van der Waals surface area contributed by atoms with Gasteiger partial charge in [-0.15, -0.1) is 19.0 Å². The first-order valence-corrected chi connectivity index (χ1v) is 8.68. The zero-order chi connectivity index (χ0) is 16.7. The van der Waals surface area contributed by atoms with E-state index in [2.05, 4.69) is 22.5 Å². The number of fused-ring (bicyclic) bond motifs is 4. The van der Waals surface area contributed by atoms with E-state index in [0.29, 0.717) is 11.8 Å². The summed E-state index contributed by atoms with van der Waals surface area (Å²) < 4.78 is 5.35. The number of hydrogen-bond donors (Lipinski definition) is 1. The molecule has 1 aromatic carbocycles. The van der Waals surface area contributed by atoms with Gasteiger partial charge in [-0.1, -0.05) is 6.08 Å². The Morgan fingerprint density at radius 3 is 2.92 bits per heavy atom. The number of aliphatic hydroxyl groups excluding tert-OH is 1. The largest absolute Gasteiger partial charge is 0.497 e. The molecule has 3 saturated heterocycles. The van der Waals surface area contributed by atoms with Gasteiger partial charge in [-0.3, -0.25) is 9.88 Å². The van der Waals surface area contributed by atoms with Crippen LogP contribution in [0.2, 0.25) is 0 Å². The van der Waals surface area contributed by atoms with E-state index in [1.165, 1.54) is 6.42 Å². The van der Waals surface area contributed by atoms with Crippen LogP contribution in [-0.4, -0.2) is 41.2 Å². The summed E-state index contributed by atoms with van der Waals surface area (Å²) in [6, 6.07) is 7.96. The average Bonchev–Trinajstić information content (AvgIpc) is 2.66. The molecule has 0 spiro atoms. The lowest BCUT2D eigenvalue weighted by atomic mass is 9.73. The second-order valence-electron chi connectivity index (χ2n) is 6.97. The van der Waals surface area contributed by atoms with Crippen LogP contribution in [0, 0.1) is 11.8 Å². The van der Waals surface area contributed by atoms with Crippen molar-refractivity contribution in [3.63, 3.8) is 0 Å². The van der Waals surface area contributed by atoms with Crippen molar-refractivity contribution in [1.82, 2.24) is 9.88 Å². The van der Waals surface area contributed by atoms with Crippen molar-refractivity contribution in [2.75, 3.05) is 20.2 Å². The molecular formula is C20H25ClN2O2. The number of nitrogens with zero attached hydrogens (tertiary/aromatic N) is 2. The molecule has 134 valence electrons. The predicted molar refractivity (Wildman–Crippen MR) is 102 cm³/mol. The van der Waals surface area contributed by atoms with Gasteiger partial charge in [0.1, 0.15) is 5.75 Å². The summed E-state index contributed by atoms with van der Waals surface area (Å²) in [6.45, 7) is 6.07. The van der Waals surface area contributed by atoms with Gasteiger partial charge in [0.15, 0.2) is 0 Å². The van der Waals surface area contributed by atoms with Gasteiger partial charge < -0.3 is 9.84 Å². The first-order valence-electron chi connectivity index (χ1n) is 8.68. The van der Waals surface area contributed by atoms with Crippen LogP contribution >= 0.6 is 12.4 Å². The predicted octanol–water partition coefficient (Wildman–Crippen LogP) is 3.60. The quantitative estimate of drug-likeness (QED) is 0.846. The summed E-state index contributed by atoms with van der Waals surface area (Å²) in [5, 5.41) is 12.1. The number of aliphatic hydroxyl groups is 1. The summed E-state index contributed by atoms with van der Waals surface area (Å²) >= 11 is 0. The van der Waals surface area contributed by atoms with E-state index in [9.17, 15) is 5.11 Å². The van der Waals surface area contributed by atoms with Crippen molar-refractivity contribution >= 4 is 23.3 Å². The molecule has 0 amide bonds. The van der Waals surface area contributed by atoms with E-state index in [4.69, 9.17) is 4.74 Å². The molecule has 2 bridgehead atoms. The summed E-state index contributed by atoms with van der Waals surface area (Å²) in [5.41, 5.74) is 1.85. The van der Waals surface area contributed by atoms with Crippen LogP contribution in [0.1, 0.15) is 24.5 Å². The van der Waals surface area contributed by atoms with Crippen molar-refractivity contribution in [3.05, 3.63) is 48.7 Å². The Morgan fingerprint density at radius 2 is 2.24 bits per heavy atom. The number of aromatic nitrogens is 1. The molecule has 1 aromatic heterocycles. The highest BCUT2D eigenvalue weighted by molar-refractivity contribution is 5.85. The Hall–Kier alpha value is -1.62. The van der Waals surface area contributed by atoms with E-state index < -0.39 is 6.10 Å². The molecule has 3 aliphatic rings. The Kier molecular flexibility index (Phi) is 5.32. The number of hydrogen-bond acceptors (Lipinski definition) is 4. The van der Waals surface area contributed by atoms with Gasteiger partial charge in [-0.05, 0) is 61.1 Å². The minimum atomic E-state index is -0.504. The van der Waals surface area contributed by atoms with Crippen molar-refractivity contribution in [2.45, 2.75) is 25.0 Å². The maximum atomic E-state index is 11.2. The molecule has 4 heterocycles. The van der Waals surface area contributed by atoms with Crippen molar-refractivity contribution < 1.29 is 9.84 Å². The van der Waals surface area contributed by atoms with Crippen LogP contribution in [0.15, 0.2) is 43.1 Å². The number of benzene rings is 1. The third-order valence-electron chi connectivity index (χ3n) is 5.82. The Labute approximate surface area is 154 Å². The van der Waals surface area contributed by atoms with Gasteiger partial charge in [0.25, 0.3) is 0 Å². The summed E-state index contributed by atoms with van der Waals surface area (Å²) in [7, 11) is 1.66. The van der Waals surface area contributed by atoms with Gasteiger partial charge in [0.2, 0.25) is 0 Å². The third kappa shape index (κ3) is 3.14. The Bertz CT molecular complexity index is 766. The molecule has 1 N–H and O–H groups in total. The molecule has 0 aliphatic carbocycles. The molecule has 0 saturated carbocycles. The van der Waals surface area contributed by atoms with E-state index in [1.807, 2.05) is 24.3 Å². The highest BCUT2D eigenvalue weighted by Gasteiger charge is 2.42. The van der Waals surface area contributed by atoms with E-state index >= 15 is 0 Å². The number of ether oxygens (including phenoxy) is 1. The number of methoxy groups -OCH3 is 1. The molecule has 4 nitrogen and oxygen atoms in total. The van der Waals surface area contributed by atoms with Gasteiger partial charge in [-0.2, -0.15) is 0 Å². The molecule has 25 heavy (non-hydrogen) atoms. The normalized spacial score (nSPS) is 29.0. The van der Waals surface area contributed by atoms with E-state index in [-0.39, 0.29) is 18.4 Å². The molecule has 5 atom stereocenters. The SMILES string of the molecule is C=C[C@@H]1CN2CC[C@H]1C[C@@H]2[C@H](O)c1ccnc2ccc(OC)cc12.Cl. The number of rotatable bonds is 4. The maximum absolute atomic E-state index is 11.2. The first kappa shape index (κ1) is 18.2. The molecular weight excluding hydrogens is 336 g/mol. The Balaban J connectivity index is 0.00000182. The third-order valence-corrected chi connectivity index (χ3v) is 5.82. The van der Waals surface area contributed by atoms with Gasteiger partial charge in [0.05, 0.1) is 18.7 Å². The standard InChI is InChI=1S/C20H24N2O2.ClH/c1-3-13-12-22-9-7-14(13)10-19(22)20(23)16-6-8-21-18-5-4-15(24-2)11-17(16)18;/h3-6,8,11,13-14,19-20,23H,1,7,9-10,12H2,2H3;1H/t13-,14+,19-,20-;/m1./s1. The van der Waals surface area contributed by atoms with Crippen LogP contribution in [0.4, 0.5) is 0 Å². The highest BCUT2D eigenvalue weighted by Crippen LogP contribution is 2.42. The van der Waals surface area contributed by atoms with E-state index in [1.54, 1.807) is 13.3 Å². The fraction of sp³-hybridized carbons (Fsp3) is 0.450. The number of pyridine rings is 1. The van der Waals surface area contributed by atoms with Crippen LogP contribution in [0.3, 0.4) is 0 Å². The zero-order valence-electron chi connectivity index (χ0n) is 14.5. The van der Waals surface area contributed by atoms with Crippen LogP contribution in [-0.2, 0) is 0 Å². The van der Waals surface area contributed by atoms with Crippen LogP contribution in [0.5, 0.6) is 5.75 Å². The lowest BCUT2D eigenvalue weighted by Crippen LogP contribution is -2.54. The van der Waals surface area contributed by atoms with Crippen molar-refractivity contribution in [2.24, 2.45) is 11.8 Å². The van der Waals surface area contributed by atoms with Crippen molar-refractivity contribution in [1.29, 1.82) is 0 Å². The molecule has 2 aromatic rings. The zero-order valence-corrected chi connectivity index (χ0v) is 15.3. The van der Waals surface area contributed by atoms with Crippen LogP contribution in [0.25, 0.3) is 10.9 Å². The van der Waals surface area contributed by atoms with Crippen LogP contribution < -0.4 is 4.74 Å². The summed E-state index contributed by atoms with van der Waals surface area (Å²) in [5.74, 6) is 2.01. The molecule has 1 unspecified atom stereocenters. The minimum Gasteiger partial charge on any atom is -0.497 e. The topological polar surface area (TPSA) is 45.6 Å². The summed E-state index contributed by atoms with van der Waals surface area (Å²) in [6.07, 6.45) is 5.62. The Morgan fingerprint density at radius 1 is 1.40 bits per heavy atom. The fourth-order valence-electron chi connectivity index (χ4n) is 4.44. The monoisotopic (exact) mass is 360 g/mol. The van der Waals surface area contributed by atoms with Gasteiger partial charge in [0, 0.05) is 24.2 Å². The lowest BCUT2D eigenvalue weighted by Gasteiger charge is -2.50. The van der Waals surface area contributed by atoms with Gasteiger partial charge >= 0.3 is 0 Å². The molecule has 3 aliphatic heterocycles. The summed E-state index contributed by atoms with van der Waals surface area (Å²) in [4.78, 5) is 6.86. The smallest absolute Gasteiger partial charge is 0.119 e. The number of halogens is 1. The average molecular weight is 361 g/mol. The first-order chi connectivity index (χ1) is 11.7.